The van der Waals surface area contributed by atoms with Gasteiger partial charge in [-0.25, -0.2) is 4.90 Å². The van der Waals surface area contributed by atoms with Gasteiger partial charge in [0.2, 0.25) is 23.6 Å². The van der Waals surface area contributed by atoms with Crippen LogP contribution in [-0.4, -0.2) is 83.1 Å². The third kappa shape index (κ3) is 7.15. The van der Waals surface area contributed by atoms with Crippen molar-refractivity contribution >= 4 is 23.6 Å². The molecule has 196 valence electrons. The average Bonchev–Trinajstić information content (AvgIpc) is 2.87. The third-order valence-electron chi connectivity index (χ3n) is 6.54. The van der Waals surface area contributed by atoms with E-state index in [1.807, 2.05) is 34.6 Å². The van der Waals surface area contributed by atoms with Gasteiger partial charge in [0, 0.05) is 19.5 Å². The van der Waals surface area contributed by atoms with Crippen LogP contribution in [0.15, 0.2) is 0 Å². The Morgan fingerprint density at radius 2 is 1.62 bits per heavy atom. The fourth-order valence-electron chi connectivity index (χ4n) is 3.87. The van der Waals surface area contributed by atoms with E-state index < -0.39 is 41.2 Å². The molecule has 1 aliphatic heterocycles. The van der Waals surface area contributed by atoms with Crippen molar-refractivity contribution in [2.45, 2.75) is 92.2 Å². The van der Waals surface area contributed by atoms with E-state index >= 15 is 0 Å². The zero-order chi connectivity index (χ0) is 26.6. The summed E-state index contributed by atoms with van der Waals surface area (Å²) < 4.78 is 0. The van der Waals surface area contributed by atoms with Crippen molar-refractivity contribution < 1.29 is 24.3 Å². The number of hydrogen-bond donors (Lipinski definition) is 4. The predicted octanol–water partition coefficient (Wildman–Crippen LogP) is 0.649. The van der Waals surface area contributed by atoms with Gasteiger partial charge in [0.1, 0.15) is 12.1 Å². The molecular weight excluding hydrogens is 438 g/mol. The highest BCUT2D eigenvalue weighted by molar-refractivity contribution is 5.92. The fourth-order valence-corrected chi connectivity index (χ4v) is 3.87. The maximum Gasteiger partial charge on any atom is 0.245 e. The van der Waals surface area contributed by atoms with Gasteiger partial charge < -0.3 is 26.0 Å². The summed E-state index contributed by atoms with van der Waals surface area (Å²) in [4.78, 5) is 53.9. The Hall–Kier alpha value is -2.20. The van der Waals surface area contributed by atoms with Gasteiger partial charge in [0.15, 0.2) is 6.35 Å². The van der Waals surface area contributed by atoms with Crippen LogP contribution in [0.2, 0.25) is 0 Å². The number of hydrogen-bond acceptors (Lipinski definition) is 6. The van der Waals surface area contributed by atoms with Crippen LogP contribution in [0.1, 0.15) is 68.2 Å². The van der Waals surface area contributed by atoms with Crippen molar-refractivity contribution in [3.63, 3.8) is 0 Å². The number of amides is 4. The Morgan fingerprint density at radius 1 is 1.06 bits per heavy atom. The molecule has 0 aromatic heterocycles. The number of aliphatic hydroxyl groups excluding tert-OH is 1. The maximum atomic E-state index is 13.1. The van der Waals surface area contributed by atoms with E-state index in [-0.39, 0.29) is 30.2 Å². The number of nitrogens with one attached hydrogen (secondary N) is 3. The molecule has 10 heteroatoms. The van der Waals surface area contributed by atoms with E-state index in [9.17, 15) is 24.3 Å². The second kappa shape index (κ2) is 11.5. The average molecular weight is 484 g/mol. The number of nitrogens with zero attached hydrogens (tertiary/aromatic N) is 2. The second-order valence-corrected chi connectivity index (χ2v) is 11.3. The lowest BCUT2D eigenvalue weighted by Gasteiger charge is -2.32. The molecule has 4 amide bonds. The summed E-state index contributed by atoms with van der Waals surface area (Å²) in [5, 5.41) is 18.6. The van der Waals surface area contributed by atoms with Gasteiger partial charge in [0.05, 0.1) is 5.54 Å². The van der Waals surface area contributed by atoms with Crippen molar-refractivity contribution in [1.82, 2.24) is 25.8 Å². The van der Waals surface area contributed by atoms with Gasteiger partial charge in [-0.15, -0.1) is 0 Å². The van der Waals surface area contributed by atoms with E-state index in [4.69, 9.17) is 0 Å². The zero-order valence-electron chi connectivity index (χ0n) is 22.5. The molecule has 1 rings (SSSR count). The van der Waals surface area contributed by atoms with Crippen molar-refractivity contribution in [2.24, 2.45) is 17.3 Å². The Bertz CT molecular complexity index is 761. The molecule has 34 heavy (non-hydrogen) atoms. The Labute approximate surface area is 204 Å². The summed E-state index contributed by atoms with van der Waals surface area (Å²) in [6.45, 7) is 14.9. The predicted molar refractivity (Wildman–Crippen MR) is 130 cm³/mol. The molecule has 1 fully saturated rings. The summed E-state index contributed by atoms with van der Waals surface area (Å²) in [5.41, 5.74) is -1.33. The van der Waals surface area contributed by atoms with Gasteiger partial charge in [-0.05, 0) is 45.1 Å². The normalized spacial score (nSPS) is 21.2. The van der Waals surface area contributed by atoms with E-state index in [2.05, 4.69) is 16.0 Å². The molecule has 1 unspecified atom stereocenters. The SMILES string of the molecule is CNC(=O)[C@@H](NC(=O)[C@H](CC(C)C)NC(=O)[C@@H](C)CCN1C(=O)C(C)(C)N(C)C1O)C(C)(C)C. The second-order valence-electron chi connectivity index (χ2n) is 11.3. The van der Waals surface area contributed by atoms with E-state index in [1.54, 1.807) is 32.7 Å². The molecular formula is C24H45N5O5. The van der Waals surface area contributed by atoms with Crippen LogP contribution in [0.3, 0.4) is 0 Å². The lowest BCUT2D eigenvalue weighted by Crippen LogP contribution is -2.58. The maximum absolute atomic E-state index is 13.1. The number of carbonyl (C=O) groups excluding carboxylic acids is 4. The quantitative estimate of drug-likeness (QED) is 0.361. The summed E-state index contributed by atoms with van der Waals surface area (Å²) in [5.74, 6) is -1.59. The summed E-state index contributed by atoms with van der Waals surface area (Å²) in [6, 6.07) is -1.55. The third-order valence-corrected chi connectivity index (χ3v) is 6.54. The van der Waals surface area contributed by atoms with Gasteiger partial charge in [-0.2, -0.15) is 0 Å². The van der Waals surface area contributed by atoms with Crippen molar-refractivity contribution in [3.8, 4) is 0 Å². The molecule has 0 spiro atoms. The first-order chi connectivity index (χ1) is 15.4. The van der Waals surface area contributed by atoms with Crippen molar-refractivity contribution in [3.05, 3.63) is 0 Å². The molecule has 4 atom stereocenters. The Kier molecular flexibility index (Phi) is 10.1. The molecule has 1 aliphatic rings. The Morgan fingerprint density at radius 3 is 2.03 bits per heavy atom. The minimum absolute atomic E-state index is 0.134. The van der Waals surface area contributed by atoms with Crippen LogP contribution in [0, 0.1) is 17.3 Å². The summed E-state index contributed by atoms with van der Waals surface area (Å²) >= 11 is 0. The molecule has 0 bridgehead atoms. The number of rotatable bonds is 10. The van der Waals surface area contributed by atoms with Crippen LogP contribution in [0.25, 0.3) is 0 Å². The number of aliphatic hydroxyl groups is 1. The largest absolute Gasteiger partial charge is 0.361 e. The van der Waals surface area contributed by atoms with Gasteiger partial charge in [0.25, 0.3) is 0 Å². The minimum Gasteiger partial charge on any atom is -0.361 e. The molecule has 0 aromatic rings. The van der Waals surface area contributed by atoms with Crippen LogP contribution in [0.4, 0.5) is 0 Å². The molecule has 10 nitrogen and oxygen atoms in total. The number of likely N-dealkylation sites (N-methyl/N-ethyl adjacent to an activating group) is 2. The van der Waals surface area contributed by atoms with Crippen molar-refractivity contribution in [1.29, 1.82) is 0 Å². The minimum atomic E-state index is -1.05. The van der Waals surface area contributed by atoms with Gasteiger partial charge in [-0.3, -0.25) is 19.2 Å². The highest BCUT2D eigenvalue weighted by atomic mass is 16.3. The monoisotopic (exact) mass is 483 g/mol. The van der Waals surface area contributed by atoms with E-state index in [0.717, 1.165) is 0 Å². The lowest BCUT2D eigenvalue weighted by atomic mass is 9.85. The number of carbonyl (C=O) groups is 4. The summed E-state index contributed by atoms with van der Waals surface area (Å²) in [7, 11) is 3.20. The molecule has 1 saturated heterocycles. The first-order valence-electron chi connectivity index (χ1n) is 12.0. The lowest BCUT2D eigenvalue weighted by molar-refractivity contribution is -0.138. The Balaban J connectivity index is 2.85. The molecule has 4 N–H and O–H groups in total. The molecule has 0 aromatic carbocycles. The smallest absolute Gasteiger partial charge is 0.245 e. The standard InChI is InChI=1S/C24H45N5O5/c1-14(2)13-16(19(31)27-17(20(32)25-9)23(4,5)6)26-18(30)15(3)11-12-29-21(33)24(7,8)28(10)22(29)34/h14-17,22,34H,11-13H2,1-10H3,(H,25,32)(H,26,30)(H,27,31)/t15-,16-,17+,22?/m0/s1. The zero-order valence-corrected chi connectivity index (χ0v) is 22.5. The van der Waals surface area contributed by atoms with E-state index in [0.29, 0.717) is 12.8 Å². The van der Waals surface area contributed by atoms with Crippen LogP contribution in [-0.2, 0) is 19.2 Å². The van der Waals surface area contributed by atoms with Gasteiger partial charge in [-0.1, -0.05) is 41.5 Å². The first-order valence-corrected chi connectivity index (χ1v) is 12.0. The van der Waals surface area contributed by atoms with Crippen LogP contribution >= 0.6 is 0 Å². The fraction of sp³-hybridized carbons (Fsp3) is 0.833. The molecule has 0 saturated carbocycles. The topological polar surface area (TPSA) is 131 Å². The molecule has 1 heterocycles. The van der Waals surface area contributed by atoms with E-state index in [1.165, 1.54) is 11.9 Å². The van der Waals surface area contributed by atoms with Gasteiger partial charge >= 0.3 is 0 Å². The summed E-state index contributed by atoms with van der Waals surface area (Å²) in [6.07, 6.45) is -0.300. The first kappa shape index (κ1) is 29.8. The van der Waals surface area contributed by atoms with Crippen LogP contribution in [0.5, 0.6) is 0 Å². The molecule has 0 aliphatic carbocycles. The molecule has 0 radical (unpaired) electrons. The van der Waals surface area contributed by atoms with Crippen molar-refractivity contribution in [2.75, 3.05) is 20.6 Å². The highest BCUT2D eigenvalue weighted by Gasteiger charge is 2.49. The highest BCUT2D eigenvalue weighted by Crippen LogP contribution is 2.28. The van der Waals surface area contributed by atoms with Crippen LogP contribution < -0.4 is 16.0 Å².